The van der Waals surface area contributed by atoms with Crippen LogP contribution in [-0.2, 0) is 9.53 Å². The molecule has 4 nitrogen and oxygen atoms in total. The topological polar surface area (TPSA) is 41.6 Å². The summed E-state index contributed by atoms with van der Waals surface area (Å²) >= 11 is 0. The van der Waals surface area contributed by atoms with Gasteiger partial charge in [0, 0.05) is 30.4 Å². The van der Waals surface area contributed by atoms with Crippen LogP contribution < -0.4 is 10.2 Å². The zero-order valence-electron chi connectivity index (χ0n) is 15.7. The van der Waals surface area contributed by atoms with Gasteiger partial charge in [-0.3, -0.25) is 4.79 Å². The third-order valence-corrected chi connectivity index (χ3v) is 4.65. The van der Waals surface area contributed by atoms with E-state index in [2.05, 4.69) is 29.3 Å². The van der Waals surface area contributed by atoms with Crippen LogP contribution in [0.5, 0.6) is 0 Å². The van der Waals surface area contributed by atoms with Crippen molar-refractivity contribution in [3.05, 3.63) is 71.6 Å². The van der Waals surface area contributed by atoms with E-state index in [-0.39, 0.29) is 23.9 Å². The predicted molar refractivity (Wildman–Crippen MR) is 106 cm³/mol. The molecular formula is C22H25FN2O2. The summed E-state index contributed by atoms with van der Waals surface area (Å²) in [7, 11) is 0. The third kappa shape index (κ3) is 5.17. The molecule has 2 atom stereocenters. The van der Waals surface area contributed by atoms with Crippen LogP contribution in [0.4, 0.5) is 10.1 Å². The summed E-state index contributed by atoms with van der Waals surface area (Å²) in [6.45, 7) is 6.45. The minimum Gasteiger partial charge on any atom is -0.375 e. The lowest BCUT2D eigenvalue weighted by atomic mass is 10.1. The summed E-state index contributed by atoms with van der Waals surface area (Å²) in [5.41, 5.74) is 2.55. The van der Waals surface area contributed by atoms with Gasteiger partial charge in [-0.1, -0.05) is 30.3 Å². The van der Waals surface area contributed by atoms with E-state index < -0.39 is 0 Å². The van der Waals surface area contributed by atoms with E-state index >= 15 is 0 Å². The molecule has 1 aliphatic heterocycles. The highest BCUT2D eigenvalue weighted by atomic mass is 19.1. The Labute approximate surface area is 159 Å². The molecule has 3 rings (SSSR count). The van der Waals surface area contributed by atoms with Crippen molar-refractivity contribution in [2.45, 2.75) is 26.0 Å². The molecule has 1 aliphatic rings. The van der Waals surface area contributed by atoms with Gasteiger partial charge in [0.05, 0.1) is 18.8 Å². The van der Waals surface area contributed by atoms with E-state index in [0.717, 1.165) is 30.9 Å². The van der Waals surface area contributed by atoms with E-state index in [1.54, 1.807) is 18.2 Å². The molecule has 1 saturated heterocycles. The van der Waals surface area contributed by atoms with Crippen molar-refractivity contribution in [3.8, 4) is 0 Å². The molecule has 2 unspecified atom stereocenters. The maximum absolute atomic E-state index is 13.6. The Bertz CT molecular complexity index is 821. The fraction of sp³-hybridized carbons (Fsp3) is 0.318. The number of morpholine rings is 1. The lowest BCUT2D eigenvalue weighted by Crippen LogP contribution is -2.41. The van der Waals surface area contributed by atoms with Crippen LogP contribution in [0.25, 0.3) is 6.08 Å². The van der Waals surface area contributed by atoms with Gasteiger partial charge in [0.25, 0.3) is 0 Å². The van der Waals surface area contributed by atoms with E-state index in [9.17, 15) is 9.18 Å². The molecule has 0 aromatic heterocycles. The van der Waals surface area contributed by atoms with Crippen molar-refractivity contribution in [1.29, 1.82) is 0 Å². The van der Waals surface area contributed by atoms with Gasteiger partial charge >= 0.3 is 0 Å². The van der Waals surface area contributed by atoms with Gasteiger partial charge in [-0.15, -0.1) is 0 Å². The number of rotatable bonds is 5. The van der Waals surface area contributed by atoms with Gasteiger partial charge in [0.2, 0.25) is 5.91 Å². The Balaban J connectivity index is 1.63. The second-order valence-electron chi connectivity index (χ2n) is 6.81. The van der Waals surface area contributed by atoms with E-state index in [1.165, 1.54) is 18.2 Å². The van der Waals surface area contributed by atoms with Gasteiger partial charge in [0.15, 0.2) is 0 Å². The molecule has 0 aliphatic carbocycles. The first-order valence-corrected chi connectivity index (χ1v) is 9.22. The standard InChI is InChI=1S/C22H25FN2O2/c1-16-15-25(12-13-27-16)20-8-5-7-19(14-20)17(2)24-22(26)11-10-18-6-3-4-9-21(18)23/h3-11,14,16-17H,12-13,15H2,1-2H3,(H,24,26)/b11-10+. The molecule has 2 aromatic carbocycles. The smallest absolute Gasteiger partial charge is 0.244 e. The van der Waals surface area contributed by atoms with Gasteiger partial charge < -0.3 is 15.0 Å². The highest BCUT2D eigenvalue weighted by molar-refractivity contribution is 5.92. The van der Waals surface area contributed by atoms with E-state index in [4.69, 9.17) is 4.74 Å². The molecule has 0 saturated carbocycles. The van der Waals surface area contributed by atoms with Crippen LogP contribution >= 0.6 is 0 Å². The number of nitrogens with zero attached hydrogens (tertiary/aromatic N) is 1. The zero-order valence-corrected chi connectivity index (χ0v) is 15.7. The van der Waals surface area contributed by atoms with Crippen molar-refractivity contribution < 1.29 is 13.9 Å². The minimum absolute atomic E-state index is 0.152. The van der Waals surface area contributed by atoms with Crippen LogP contribution in [0, 0.1) is 5.82 Å². The lowest BCUT2D eigenvalue weighted by Gasteiger charge is -2.33. The summed E-state index contributed by atoms with van der Waals surface area (Å²) in [4.78, 5) is 14.5. The number of nitrogens with one attached hydrogen (secondary N) is 1. The normalized spacial score (nSPS) is 18.5. The van der Waals surface area contributed by atoms with Crippen LogP contribution in [-0.4, -0.2) is 31.7 Å². The van der Waals surface area contributed by atoms with E-state index in [0.29, 0.717) is 5.56 Å². The highest BCUT2D eigenvalue weighted by Gasteiger charge is 2.18. The number of carbonyl (C=O) groups is 1. The van der Waals surface area contributed by atoms with Crippen molar-refractivity contribution >= 4 is 17.7 Å². The molecule has 1 amide bonds. The Morgan fingerprint density at radius 2 is 2.11 bits per heavy atom. The quantitative estimate of drug-likeness (QED) is 0.813. The van der Waals surface area contributed by atoms with Gasteiger partial charge in [-0.25, -0.2) is 4.39 Å². The number of ether oxygens (including phenoxy) is 1. The fourth-order valence-electron chi connectivity index (χ4n) is 3.16. The predicted octanol–water partition coefficient (Wildman–Crippen LogP) is 3.94. The summed E-state index contributed by atoms with van der Waals surface area (Å²) in [5, 5.41) is 2.93. The fourth-order valence-corrected chi connectivity index (χ4v) is 3.16. The number of benzene rings is 2. The first kappa shape index (κ1) is 19.1. The van der Waals surface area contributed by atoms with Crippen molar-refractivity contribution in [1.82, 2.24) is 5.32 Å². The first-order valence-electron chi connectivity index (χ1n) is 9.22. The van der Waals surface area contributed by atoms with Crippen molar-refractivity contribution in [2.24, 2.45) is 0 Å². The minimum atomic E-state index is -0.345. The average Bonchev–Trinajstić information content (AvgIpc) is 2.67. The maximum atomic E-state index is 13.6. The molecule has 1 N–H and O–H groups in total. The number of anilines is 1. The van der Waals surface area contributed by atoms with Gasteiger partial charge in [-0.05, 0) is 43.7 Å². The Kier molecular flexibility index (Phi) is 6.24. The summed E-state index contributed by atoms with van der Waals surface area (Å²) in [6.07, 6.45) is 3.06. The van der Waals surface area contributed by atoms with Crippen molar-refractivity contribution in [2.75, 3.05) is 24.6 Å². The molecule has 1 fully saturated rings. The molecule has 0 radical (unpaired) electrons. The van der Waals surface area contributed by atoms with Crippen LogP contribution in [0.2, 0.25) is 0 Å². The number of halogens is 1. The molecule has 2 aromatic rings. The summed E-state index contributed by atoms with van der Waals surface area (Å²) < 4.78 is 19.2. The first-order chi connectivity index (χ1) is 13.0. The Morgan fingerprint density at radius 1 is 1.30 bits per heavy atom. The van der Waals surface area contributed by atoms with Crippen molar-refractivity contribution in [3.63, 3.8) is 0 Å². The van der Waals surface area contributed by atoms with Crippen LogP contribution in [0.1, 0.15) is 31.0 Å². The number of amides is 1. The Hall–Kier alpha value is -2.66. The number of hydrogen-bond donors (Lipinski definition) is 1. The molecule has 27 heavy (non-hydrogen) atoms. The second-order valence-corrected chi connectivity index (χ2v) is 6.81. The molecule has 0 bridgehead atoms. The molecular weight excluding hydrogens is 343 g/mol. The lowest BCUT2D eigenvalue weighted by molar-refractivity contribution is -0.117. The highest BCUT2D eigenvalue weighted by Crippen LogP contribution is 2.22. The zero-order chi connectivity index (χ0) is 19.2. The Morgan fingerprint density at radius 3 is 2.89 bits per heavy atom. The molecule has 0 spiro atoms. The SMILES string of the molecule is CC1CN(c2cccc(C(C)NC(=O)/C=C/c3ccccc3F)c2)CCO1. The number of hydrogen-bond acceptors (Lipinski definition) is 3. The molecule has 5 heteroatoms. The molecule has 142 valence electrons. The van der Waals surface area contributed by atoms with Crippen LogP contribution in [0.15, 0.2) is 54.6 Å². The van der Waals surface area contributed by atoms with Crippen LogP contribution in [0.3, 0.4) is 0 Å². The van der Waals surface area contributed by atoms with E-state index in [1.807, 2.05) is 19.1 Å². The third-order valence-electron chi connectivity index (χ3n) is 4.65. The average molecular weight is 368 g/mol. The summed E-state index contributed by atoms with van der Waals surface area (Å²) in [6, 6.07) is 14.4. The van der Waals surface area contributed by atoms with Gasteiger partial charge in [-0.2, -0.15) is 0 Å². The second kappa shape index (κ2) is 8.82. The number of carbonyl (C=O) groups excluding carboxylic acids is 1. The van der Waals surface area contributed by atoms with Gasteiger partial charge in [0.1, 0.15) is 5.82 Å². The maximum Gasteiger partial charge on any atom is 0.244 e. The summed E-state index contributed by atoms with van der Waals surface area (Å²) in [5.74, 6) is -0.599. The monoisotopic (exact) mass is 368 g/mol. The largest absolute Gasteiger partial charge is 0.375 e. The molecule has 1 heterocycles.